The molecule has 0 spiro atoms. The van der Waals surface area contributed by atoms with Gasteiger partial charge in [0.2, 0.25) is 0 Å². The van der Waals surface area contributed by atoms with Crippen molar-refractivity contribution in [3.63, 3.8) is 0 Å². The predicted octanol–water partition coefficient (Wildman–Crippen LogP) is 4.72. The van der Waals surface area contributed by atoms with E-state index in [0.29, 0.717) is 17.2 Å². The molecular weight excluding hydrogens is 281 g/mol. The molecule has 0 aliphatic carbocycles. The number of rotatable bonds is 3. The van der Waals surface area contributed by atoms with Gasteiger partial charge in [-0.25, -0.2) is 13.2 Å². The number of benzene rings is 2. The molecule has 0 unspecified atom stereocenters. The van der Waals surface area contributed by atoms with Crippen molar-refractivity contribution in [2.45, 2.75) is 27.4 Å². The molecule has 0 aromatic heterocycles. The summed E-state index contributed by atoms with van der Waals surface area (Å²) in [6.45, 7) is 5.28. The Balaban J connectivity index is 0.00000106. The number of hydrogen-bond donors (Lipinski definition) is 1. The van der Waals surface area contributed by atoms with Crippen LogP contribution in [0.15, 0.2) is 30.3 Å². The summed E-state index contributed by atoms with van der Waals surface area (Å²) in [4.78, 5) is 0. The van der Waals surface area contributed by atoms with Crippen molar-refractivity contribution >= 4 is 0 Å². The fraction of sp³-hybridized carbons (Fsp3) is 0.250. The van der Waals surface area contributed by atoms with Gasteiger partial charge in [0.1, 0.15) is 17.4 Å². The molecule has 2 aromatic rings. The molecule has 2 aromatic carbocycles. The molecule has 2 nitrogen and oxygen atoms in total. The minimum absolute atomic E-state index is 0.123. The molecule has 0 saturated carbocycles. The van der Waals surface area contributed by atoms with Crippen LogP contribution in [0.5, 0.6) is 11.5 Å². The van der Waals surface area contributed by atoms with Gasteiger partial charge >= 0.3 is 0 Å². The number of aliphatic hydroxyl groups excluding tert-OH is 1. The second-order valence-corrected chi connectivity index (χ2v) is 4.09. The maximum absolute atomic E-state index is 13.8. The van der Waals surface area contributed by atoms with E-state index in [-0.39, 0.29) is 18.1 Å². The maximum atomic E-state index is 13.8. The highest BCUT2D eigenvalue weighted by molar-refractivity contribution is 5.41. The van der Waals surface area contributed by atoms with Crippen LogP contribution < -0.4 is 4.74 Å². The Hall–Kier alpha value is -2.01. The molecule has 0 atom stereocenters. The molecular formula is C16H17F3O2. The summed E-state index contributed by atoms with van der Waals surface area (Å²) in [5.74, 6) is -2.56. The summed E-state index contributed by atoms with van der Waals surface area (Å²) in [6, 6.07) is 5.26. The fourth-order valence-electron chi connectivity index (χ4n) is 1.73. The average molecular weight is 298 g/mol. The first-order valence-corrected chi connectivity index (χ1v) is 6.53. The van der Waals surface area contributed by atoms with E-state index in [9.17, 15) is 13.2 Å². The number of halogens is 3. The number of aryl methyl sites for hydroxylation is 1. The summed E-state index contributed by atoms with van der Waals surface area (Å²) in [6.07, 6.45) is 0. The van der Waals surface area contributed by atoms with Gasteiger partial charge < -0.3 is 9.84 Å². The normalized spacial score (nSPS) is 9.86. The van der Waals surface area contributed by atoms with Crippen molar-refractivity contribution in [3.05, 3.63) is 58.9 Å². The number of ether oxygens (including phenoxy) is 1. The standard InChI is InChI=1S/C14H11F3O2.C2H6/c1-8-2-9(7-18)3-13(17)14(8)19-12-5-10(15)4-11(16)6-12;1-2/h2-6,18H,7H2,1H3;1-2H3. The zero-order chi connectivity index (χ0) is 16.0. The summed E-state index contributed by atoms with van der Waals surface area (Å²) >= 11 is 0. The first-order chi connectivity index (χ1) is 9.99. The molecule has 0 heterocycles. The zero-order valence-electron chi connectivity index (χ0n) is 12.1. The van der Waals surface area contributed by atoms with Crippen LogP contribution in [-0.2, 0) is 6.61 Å². The summed E-state index contributed by atoms with van der Waals surface area (Å²) in [7, 11) is 0. The lowest BCUT2D eigenvalue weighted by Gasteiger charge is -2.11. The average Bonchev–Trinajstić information content (AvgIpc) is 2.43. The SMILES string of the molecule is CC.Cc1cc(CO)cc(F)c1Oc1cc(F)cc(F)c1. The molecule has 1 N–H and O–H groups in total. The Morgan fingerprint density at radius 2 is 1.52 bits per heavy atom. The number of aliphatic hydroxyl groups is 1. The van der Waals surface area contributed by atoms with E-state index in [1.807, 2.05) is 13.8 Å². The van der Waals surface area contributed by atoms with Crippen LogP contribution in [0.4, 0.5) is 13.2 Å². The molecule has 0 aliphatic rings. The molecule has 0 radical (unpaired) electrons. The van der Waals surface area contributed by atoms with Crippen LogP contribution in [0.1, 0.15) is 25.0 Å². The van der Waals surface area contributed by atoms with Crippen LogP contribution in [0.2, 0.25) is 0 Å². The van der Waals surface area contributed by atoms with Gasteiger partial charge in [0.25, 0.3) is 0 Å². The highest BCUT2D eigenvalue weighted by atomic mass is 19.1. The fourth-order valence-corrected chi connectivity index (χ4v) is 1.73. The maximum Gasteiger partial charge on any atom is 0.166 e. The van der Waals surface area contributed by atoms with E-state index in [4.69, 9.17) is 9.84 Å². The lowest BCUT2D eigenvalue weighted by atomic mass is 10.1. The van der Waals surface area contributed by atoms with Gasteiger partial charge in [-0.3, -0.25) is 0 Å². The monoisotopic (exact) mass is 298 g/mol. The van der Waals surface area contributed by atoms with E-state index in [2.05, 4.69) is 0 Å². The van der Waals surface area contributed by atoms with Gasteiger partial charge in [-0.15, -0.1) is 0 Å². The molecule has 5 heteroatoms. The lowest BCUT2D eigenvalue weighted by molar-refractivity contribution is 0.280. The van der Waals surface area contributed by atoms with E-state index < -0.39 is 17.5 Å². The molecule has 0 aliphatic heterocycles. The van der Waals surface area contributed by atoms with Crippen molar-refractivity contribution < 1.29 is 23.0 Å². The smallest absolute Gasteiger partial charge is 0.166 e. The summed E-state index contributed by atoms with van der Waals surface area (Å²) < 4.78 is 44.9. The Bertz CT molecular complexity index is 569. The van der Waals surface area contributed by atoms with Crippen molar-refractivity contribution in [3.8, 4) is 11.5 Å². The van der Waals surface area contributed by atoms with Gasteiger partial charge in [0.15, 0.2) is 11.6 Å². The highest BCUT2D eigenvalue weighted by Gasteiger charge is 2.12. The minimum atomic E-state index is -0.806. The Morgan fingerprint density at radius 3 is 2.00 bits per heavy atom. The zero-order valence-corrected chi connectivity index (χ0v) is 12.1. The largest absolute Gasteiger partial charge is 0.454 e. The highest BCUT2D eigenvalue weighted by Crippen LogP contribution is 2.30. The molecule has 0 bridgehead atoms. The number of hydrogen-bond acceptors (Lipinski definition) is 2. The van der Waals surface area contributed by atoms with E-state index in [1.54, 1.807) is 6.92 Å². The lowest BCUT2D eigenvalue weighted by Crippen LogP contribution is -1.96. The first kappa shape index (κ1) is 17.0. The van der Waals surface area contributed by atoms with Gasteiger partial charge in [0.05, 0.1) is 6.61 Å². The van der Waals surface area contributed by atoms with Crippen molar-refractivity contribution in [2.75, 3.05) is 0 Å². The minimum Gasteiger partial charge on any atom is -0.454 e. The Morgan fingerprint density at radius 1 is 0.952 bits per heavy atom. The van der Waals surface area contributed by atoms with Crippen molar-refractivity contribution in [1.29, 1.82) is 0 Å². The third-order valence-electron chi connectivity index (χ3n) is 2.53. The van der Waals surface area contributed by atoms with E-state index in [0.717, 1.165) is 18.2 Å². The van der Waals surface area contributed by atoms with Gasteiger partial charge in [0, 0.05) is 18.2 Å². The molecule has 2 rings (SSSR count). The Kier molecular flexibility index (Phi) is 6.24. The van der Waals surface area contributed by atoms with Crippen LogP contribution in [0, 0.1) is 24.4 Å². The molecule has 114 valence electrons. The predicted molar refractivity (Wildman–Crippen MR) is 74.8 cm³/mol. The van der Waals surface area contributed by atoms with Gasteiger partial charge in [-0.05, 0) is 30.2 Å². The topological polar surface area (TPSA) is 29.5 Å². The first-order valence-electron chi connectivity index (χ1n) is 6.53. The Labute approximate surface area is 121 Å². The van der Waals surface area contributed by atoms with E-state index in [1.165, 1.54) is 6.07 Å². The third-order valence-corrected chi connectivity index (χ3v) is 2.53. The third kappa shape index (κ3) is 4.49. The second-order valence-electron chi connectivity index (χ2n) is 4.09. The molecule has 21 heavy (non-hydrogen) atoms. The van der Waals surface area contributed by atoms with Crippen LogP contribution in [0.25, 0.3) is 0 Å². The molecule has 0 amide bonds. The molecule has 0 saturated heterocycles. The van der Waals surface area contributed by atoms with E-state index >= 15 is 0 Å². The summed E-state index contributed by atoms with van der Waals surface area (Å²) in [5.41, 5.74) is 0.821. The van der Waals surface area contributed by atoms with Gasteiger partial charge in [-0.2, -0.15) is 0 Å². The van der Waals surface area contributed by atoms with Crippen molar-refractivity contribution in [1.82, 2.24) is 0 Å². The second kappa shape index (κ2) is 7.69. The molecule has 0 fully saturated rings. The summed E-state index contributed by atoms with van der Waals surface area (Å²) in [5, 5.41) is 8.93. The van der Waals surface area contributed by atoms with Crippen molar-refractivity contribution in [2.24, 2.45) is 0 Å². The van der Waals surface area contributed by atoms with Crippen LogP contribution in [-0.4, -0.2) is 5.11 Å². The van der Waals surface area contributed by atoms with Crippen LogP contribution >= 0.6 is 0 Å². The van der Waals surface area contributed by atoms with Crippen LogP contribution in [0.3, 0.4) is 0 Å². The van der Waals surface area contributed by atoms with Gasteiger partial charge in [-0.1, -0.05) is 13.8 Å². The quantitative estimate of drug-likeness (QED) is 0.888.